The van der Waals surface area contributed by atoms with Crippen LogP contribution in [-0.4, -0.2) is 60.8 Å². The van der Waals surface area contributed by atoms with Crippen LogP contribution >= 0.6 is 0 Å². The molecule has 0 atom stereocenters. The monoisotopic (exact) mass is 468 g/mol. The van der Waals surface area contributed by atoms with Gasteiger partial charge in [0.15, 0.2) is 0 Å². The molecule has 2 rings (SSSR count). The normalized spacial score (nSPS) is 14.9. The molecular weight excluding hydrogens is 439 g/mol. The Hall–Kier alpha value is -0.749. The number of benzene rings is 1. The number of piperazine rings is 1. The summed E-state index contributed by atoms with van der Waals surface area (Å²) in [4.78, 5) is 26.9. The SMILES string of the molecule is Cc1c(CC(=O)O)c(C)c([B-](F)(F)F)c(C)c1N1CCN(C(=O)OC(C)(C)C)CC1.[K+]. The number of carbonyl (C=O) groups excluding carboxylic acids is 1. The van der Waals surface area contributed by atoms with E-state index in [4.69, 9.17) is 4.74 Å². The predicted molar refractivity (Wildman–Crippen MR) is 111 cm³/mol. The molecule has 1 aliphatic heterocycles. The molecule has 0 radical (unpaired) electrons. The number of hydrogen-bond acceptors (Lipinski definition) is 4. The van der Waals surface area contributed by atoms with Gasteiger partial charge in [-0.15, -0.1) is 5.46 Å². The van der Waals surface area contributed by atoms with Gasteiger partial charge in [0, 0.05) is 31.9 Å². The summed E-state index contributed by atoms with van der Waals surface area (Å²) in [6.07, 6.45) is -0.924. The fourth-order valence-electron chi connectivity index (χ4n) is 4.10. The first-order valence-electron chi connectivity index (χ1n) is 9.90. The van der Waals surface area contributed by atoms with E-state index in [0.717, 1.165) is 0 Å². The van der Waals surface area contributed by atoms with Crippen molar-refractivity contribution in [2.75, 3.05) is 31.1 Å². The van der Waals surface area contributed by atoms with Crippen molar-refractivity contribution in [1.29, 1.82) is 0 Å². The number of carboxylic acid groups (broad SMARTS) is 1. The van der Waals surface area contributed by atoms with Crippen LogP contribution in [0.1, 0.15) is 43.0 Å². The molecular formula is C20H29BF3KN2O4. The molecule has 1 N–H and O–H groups in total. The fraction of sp³-hybridized carbons (Fsp3) is 0.600. The van der Waals surface area contributed by atoms with Crippen LogP contribution in [0.3, 0.4) is 0 Å². The number of halogens is 3. The van der Waals surface area contributed by atoms with Crippen molar-refractivity contribution in [2.24, 2.45) is 0 Å². The van der Waals surface area contributed by atoms with Crippen molar-refractivity contribution in [3.8, 4) is 0 Å². The van der Waals surface area contributed by atoms with Crippen molar-refractivity contribution in [3.05, 3.63) is 22.3 Å². The van der Waals surface area contributed by atoms with Crippen LogP contribution in [0.25, 0.3) is 0 Å². The number of ether oxygens (including phenoxy) is 1. The Morgan fingerprint density at radius 2 is 1.52 bits per heavy atom. The Balaban J connectivity index is 0.00000480. The topological polar surface area (TPSA) is 70.1 Å². The number of rotatable bonds is 4. The molecule has 1 heterocycles. The van der Waals surface area contributed by atoms with Gasteiger partial charge in [-0.2, -0.15) is 0 Å². The maximum absolute atomic E-state index is 13.9. The number of carboxylic acids is 1. The first kappa shape index (κ1) is 28.3. The Bertz CT molecular complexity index is 849. The summed E-state index contributed by atoms with van der Waals surface area (Å²) in [7, 11) is 0. The summed E-state index contributed by atoms with van der Waals surface area (Å²) < 4.78 is 46.9. The zero-order valence-corrected chi connectivity index (χ0v) is 22.4. The minimum atomic E-state index is -5.31. The fourth-order valence-corrected chi connectivity index (χ4v) is 4.10. The third-order valence-electron chi connectivity index (χ3n) is 5.33. The summed E-state index contributed by atoms with van der Waals surface area (Å²) in [5.41, 5.74) is -0.105. The number of carbonyl (C=O) groups is 2. The molecule has 31 heavy (non-hydrogen) atoms. The van der Waals surface area contributed by atoms with Crippen LogP contribution in [-0.2, 0) is 16.0 Å². The molecule has 0 aliphatic carbocycles. The van der Waals surface area contributed by atoms with Crippen LogP contribution in [0.5, 0.6) is 0 Å². The summed E-state index contributed by atoms with van der Waals surface area (Å²) in [5, 5.41) is 9.22. The van der Waals surface area contributed by atoms with E-state index in [1.165, 1.54) is 18.7 Å². The van der Waals surface area contributed by atoms with Gasteiger partial charge < -0.3 is 32.6 Å². The zero-order valence-electron chi connectivity index (χ0n) is 19.3. The van der Waals surface area contributed by atoms with Gasteiger partial charge in [-0.1, -0.05) is 11.1 Å². The molecule has 1 aromatic carbocycles. The van der Waals surface area contributed by atoms with Gasteiger partial charge in [0.25, 0.3) is 0 Å². The smallest absolute Gasteiger partial charge is 0.481 e. The van der Waals surface area contributed by atoms with Crippen LogP contribution in [0.4, 0.5) is 23.4 Å². The maximum atomic E-state index is 13.9. The zero-order chi connectivity index (χ0) is 23.0. The number of nitrogens with zero attached hydrogens (tertiary/aromatic N) is 2. The van der Waals surface area contributed by atoms with Crippen molar-refractivity contribution >= 4 is 30.2 Å². The van der Waals surface area contributed by atoms with Gasteiger partial charge in [-0.05, 0) is 52.7 Å². The molecule has 1 aliphatic rings. The average molecular weight is 468 g/mol. The summed E-state index contributed by atoms with van der Waals surface area (Å²) in [6, 6.07) is 0. The van der Waals surface area contributed by atoms with Crippen LogP contribution < -0.4 is 61.7 Å². The van der Waals surface area contributed by atoms with Crippen LogP contribution in [0.15, 0.2) is 0 Å². The second-order valence-corrected chi connectivity index (χ2v) is 8.72. The second kappa shape index (κ2) is 10.5. The van der Waals surface area contributed by atoms with Gasteiger partial charge in [0.2, 0.25) is 0 Å². The molecule has 0 spiro atoms. The quantitative estimate of drug-likeness (QED) is 0.647. The van der Waals surface area contributed by atoms with E-state index in [0.29, 0.717) is 37.4 Å². The molecule has 0 aromatic heterocycles. The minimum Gasteiger partial charge on any atom is -0.481 e. The molecule has 1 saturated heterocycles. The Kier molecular flexibility index (Phi) is 9.54. The standard InChI is InChI=1S/C20H29BF3N2O4.K/c1-12-15(11-16(27)28)13(2)18(14(3)17(12)21(22,23)24)25-7-9-26(10-8-25)19(29)30-20(4,5)6;/h7-11H2,1-6H3,(H,27,28);/q-1;+1. The maximum Gasteiger partial charge on any atom is 1.00 e. The van der Waals surface area contributed by atoms with E-state index in [9.17, 15) is 27.6 Å². The largest absolute Gasteiger partial charge is 1.00 e. The Morgan fingerprint density at radius 1 is 1.00 bits per heavy atom. The second-order valence-electron chi connectivity index (χ2n) is 8.72. The molecule has 1 amide bonds. The number of hydrogen-bond donors (Lipinski definition) is 1. The molecule has 0 unspecified atom stereocenters. The van der Waals surface area contributed by atoms with E-state index in [1.807, 2.05) is 4.90 Å². The van der Waals surface area contributed by atoms with Crippen molar-refractivity contribution < 1.29 is 83.8 Å². The van der Waals surface area contributed by atoms with Gasteiger partial charge in [0.05, 0.1) is 6.42 Å². The van der Waals surface area contributed by atoms with Crippen LogP contribution in [0.2, 0.25) is 0 Å². The van der Waals surface area contributed by atoms with Gasteiger partial charge in [-0.3, -0.25) is 4.79 Å². The van der Waals surface area contributed by atoms with Crippen molar-refractivity contribution in [3.63, 3.8) is 0 Å². The average Bonchev–Trinajstić information content (AvgIpc) is 2.56. The first-order valence-corrected chi connectivity index (χ1v) is 9.90. The molecule has 1 aromatic rings. The van der Waals surface area contributed by atoms with Crippen molar-refractivity contribution in [1.82, 2.24) is 4.90 Å². The molecule has 0 bridgehead atoms. The third-order valence-corrected chi connectivity index (χ3v) is 5.33. The van der Waals surface area contributed by atoms with Gasteiger partial charge in [0.1, 0.15) is 5.60 Å². The predicted octanol–water partition coefficient (Wildman–Crippen LogP) is 0.354. The van der Waals surface area contributed by atoms with Gasteiger partial charge >= 0.3 is 70.4 Å². The molecule has 168 valence electrons. The number of aliphatic carboxylic acids is 1. The number of anilines is 1. The summed E-state index contributed by atoms with van der Waals surface area (Å²) >= 11 is 0. The Morgan fingerprint density at radius 3 is 1.94 bits per heavy atom. The molecule has 1 fully saturated rings. The van der Waals surface area contributed by atoms with E-state index in [-0.39, 0.29) is 68.1 Å². The van der Waals surface area contributed by atoms with E-state index >= 15 is 0 Å². The van der Waals surface area contributed by atoms with E-state index in [2.05, 4.69) is 0 Å². The molecule has 11 heteroatoms. The first-order chi connectivity index (χ1) is 13.6. The van der Waals surface area contributed by atoms with E-state index in [1.54, 1.807) is 27.7 Å². The summed E-state index contributed by atoms with van der Waals surface area (Å²) in [6.45, 7) is 5.72. The summed E-state index contributed by atoms with van der Waals surface area (Å²) in [5.74, 6) is -1.17. The number of amides is 1. The Labute approximate surface area is 224 Å². The molecule has 0 saturated carbocycles. The minimum absolute atomic E-state index is 0. The third kappa shape index (κ3) is 6.87. The van der Waals surface area contributed by atoms with Gasteiger partial charge in [-0.25, -0.2) is 4.79 Å². The van der Waals surface area contributed by atoms with E-state index < -0.39 is 36.5 Å². The van der Waals surface area contributed by atoms with Crippen molar-refractivity contribution in [2.45, 2.75) is 53.6 Å². The van der Waals surface area contributed by atoms with Crippen LogP contribution in [0, 0.1) is 20.8 Å². The molecule has 6 nitrogen and oxygen atoms in total.